The molecule has 0 saturated carbocycles. The van der Waals surface area contributed by atoms with E-state index in [0.717, 1.165) is 36.5 Å². The Hall–Kier alpha value is -0.580. The number of benzene rings is 1. The maximum absolute atomic E-state index is 5.79. The molecule has 0 amide bonds. The van der Waals surface area contributed by atoms with E-state index in [0.29, 0.717) is 12.1 Å². The summed E-state index contributed by atoms with van der Waals surface area (Å²) in [5.41, 5.74) is 0. The van der Waals surface area contributed by atoms with Crippen LogP contribution in [0.15, 0.2) is 28.7 Å². The number of nitrogens with one attached hydrogen (secondary N) is 1. The molecule has 1 aliphatic rings. The first-order valence-electron chi connectivity index (χ1n) is 6.51. The van der Waals surface area contributed by atoms with E-state index in [1.54, 1.807) is 0 Å². The van der Waals surface area contributed by atoms with Crippen LogP contribution in [0.4, 0.5) is 0 Å². The van der Waals surface area contributed by atoms with E-state index in [1.807, 2.05) is 24.3 Å². The molecule has 0 bridgehead atoms. The minimum Gasteiger partial charge on any atom is -0.492 e. The van der Waals surface area contributed by atoms with Gasteiger partial charge in [-0.1, -0.05) is 22.0 Å². The van der Waals surface area contributed by atoms with Crippen LogP contribution in [0.3, 0.4) is 0 Å². The number of ether oxygens (including phenoxy) is 1. The number of hydrogen-bond acceptors (Lipinski definition) is 3. The molecule has 0 spiro atoms. The van der Waals surface area contributed by atoms with Crippen LogP contribution in [0.2, 0.25) is 0 Å². The zero-order valence-electron chi connectivity index (χ0n) is 11.0. The Morgan fingerprint density at radius 3 is 2.72 bits per heavy atom. The van der Waals surface area contributed by atoms with Crippen molar-refractivity contribution in [2.75, 3.05) is 26.2 Å². The lowest BCUT2D eigenvalue weighted by molar-refractivity contribution is 0.0966. The summed E-state index contributed by atoms with van der Waals surface area (Å²) in [6.07, 6.45) is 0. The number of piperazine rings is 1. The smallest absolute Gasteiger partial charge is 0.120 e. The molecule has 1 aromatic carbocycles. The van der Waals surface area contributed by atoms with Gasteiger partial charge in [-0.15, -0.1) is 0 Å². The van der Waals surface area contributed by atoms with Crippen molar-refractivity contribution in [2.24, 2.45) is 0 Å². The highest BCUT2D eigenvalue weighted by molar-refractivity contribution is 9.10. The Morgan fingerprint density at radius 2 is 2.06 bits per heavy atom. The van der Waals surface area contributed by atoms with Crippen LogP contribution in [-0.4, -0.2) is 43.2 Å². The van der Waals surface area contributed by atoms with Gasteiger partial charge in [0.1, 0.15) is 12.4 Å². The zero-order valence-corrected chi connectivity index (χ0v) is 12.6. The quantitative estimate of drug-likeness (QED) is 0.924. The molecule has 1 aliphatic heterocycles. The van der Waals surface area contributed by atoms with Crippen LogP contribution in [0.25, 0.3) is 0 Å². The van der Waals surface area contributed by atoms with E-state index in [2.05, 4.69) is 40.0 Å². The molecule has 1 heterocycles. The predicted molar refractivity (Wildman–Crippen MR) is 78.1 cm³/mol. The monoisotopic (exact) mass is 312 g/mol. The van der Waals surface area contributed by atoms with Gasteiger partial charge in [0.2, 0.25) is 0 Å². The van der Waals surface area contributed by atoms with Crippen molar-refractivity contribution in [2.45, 2.75) is 25.9 Å². The molecule has 100 valence electrons. The third-order valence-electron chi connectivity index (χ3n) is 3.43. The summed E-state index contributed by atoms with van der Waals surface area (Å²) < 4.78 is 6.85. The van der Waals surface area contributed by atoms with E-state index >= 15 is 0 Å². The Morgan fingerprint density at radius 1 is 1.33 bits per heavy atom. The first-order chi connectivity index (χ1) is 8.66. The molecule has 0 radical (unpaired) electrons. The topological polar surface area (TPSA) is 24.5 Å². The molecule has 3 nitrogen and oxygen atoms in total. The average Bonchev–Trinajstić information content (AvgIpc) is 2.33. The summed E-state index contributed by atoms with van der Waals surface area (Å²) in [5, 5.41) is 3.44. The van der Waals surface area contributed by atoms with Crippen molar-refractivity contribution in [1.29, 1.82) is 0 Å². The van der Waals surface area contributed by atoms with Gasteiger partial charge in [-0.25, -0.2) is 0 Å². The Bertz CT molecular complexity index is 376. The van der Waals surface area contributed by atoms with Crippen molar-refractivity contribution in [3.63, 3.8) is 0 Å². The summed E-state index contributed by atoms with van der Waals surface area (Å²) in [6.45, 7) is 8.40. The first kappa shape index (κ1) is 13.8. The molecule has 1 fully saturated rings. The minimum absolute atomic E-state index is 0.583. The van der Waals surface area contributed by atoms with E-state index < -0.39 is 0 Å². The van der Waals surface area contributed by atoms with Gasteiger partial charge in [0, 0.05) is 36.2 Å². The lowest BCUT2D eigenvalue weighted by Gasteiger charge is -2.39. The molecular formula is C14H21BrN2O. The van der Waals surface area contributed by atoms with Crippen LogP contribution < -0.4 is 10.1 Å². The predicted octanol–water partition coefficient (Wildman–Crippen LogP) is 2.51. The number of hydrogen-bond donors (Lipinski definition) is 1. The van der Waals surface area contributed by atoms with Gasteiger partial charge in [-0.3, -0.25) is 4.90 Å². The molecule has 1 saturated heterocycles. The second-order valence-electron chi connectivity index (χ2n) is 4.90. The number of rotatable bonds is 4. The normalized spacial score (nSPS) is 25.1. The molecule has 2 atom stereocenters. The Labute approximate surface area is 118 Å². The lowest BCUT2D eigenvalue weighted by Crippen LogP contribution is -2.55. The number of halogens is 1. The second kappa shape index (κ2) is 6.55. The molecule has 2 rings (SSSR count). The molecule has 0 aromatic heterocycles. The maximum Gasteiger partial charge on any atom is 0.120 e. The fourth-order valence-corrected chi connectivity index (χ4v) is 2.81. The van der Waals surface area contributed by atoms with Crippen molar-refractivity contribution in [3.05, 3.63) is 28.7 Å². The van der Waals surface area contributed by atoms with Crippen LogP contribution >= 0.6 is 15.9 Å². The van der Waals surface area contributed by atoms with Crippen LogP contribution in [-0.2, 0) is 0 Å². The highest BCUT2D eigenvalue weighted by atomic mass is 79.9. The van der Waals surface area contributed by atoms with Gasteiger partial charge >= 0.3 is 0 Å². The zero-order chi connectivity index (χ0) is 13.0. The fourth-order valence-electron chi connectivity index (χ4n) is 2.44. The maximum atomic E-state index is 5.79. The summed E-state index contributed by atoms with van der Waals surface area (Å²) in [7, 11) is 0. The van der Waals surface area contributed by atoms with Crippen molar-refractivity contribution in [1.82, 2.24) is 10.2 Å². The van der Waals surface area contributed by atoms with Crippen LogP contribution in [0.5, 0.6) is 5.75 Å². The fraction of sp³-hybridized carbons (Fsp3) is 0.571. The SMILES string of the molecule is CC1CNCC(C)N1CCOc1cccc(Br)c1. The van der Waals surface area contributed by atoms with E-state index in [-0.39, 0.29) is 0 Å². The number of nitrogens with zero attached hydrogens (tertiary/aromatic N) is 1. The highest BCUT2D eigenvalue weighted by Crippen LogP contribution is 2.18. The molecule has 18 heavy (non-hydrogen) atoms. The van der Waals surface area contributed by atoms with Crippen molar-refractivity contribution < 1.29 is 4.74 Å². The summed E-state index contributed by atoms with van der Waals surface area (Å²) in [6, 6.07) is 9.17. The summed E-state index contributed by atoms with van der Waals surface area (Å²) in [4.78, 5) is 2.51. The first-order valence-corrected chi connectivity index (χ1v) is 7.31. The highest BCUT2D eigenvalue weighted by Gasteiger charge is 2.23. The molecule has 2 unspecified atom stereocenters. The van der Waals surface area contributed by atoms with Gasteiger partial charge in [0.15, 0.2) is 0 Å². The average molecular weight is 313 g/mol. The minimum atomic E-state index is 0.583. The van der Waals surface area contributed by atoms with Gasteiger partial charge in [-0.2, -0.15) is 0 Å². The molecule has 0 aliphatic carbocycles. The molecular weight excluding hydrogens is 292 g/mol. The third-order valence-corrected chi connectivity index (χ3v) is 3.92. The third kappa shape index (κ3) is 3.70. The molecule has 4 heteroatoms. The van der Waals surface area contributed by atoms with Crippen LogP contribution in [0, 0.1) is 0 Å². The van der Waals surface area contributed by atoms with E-state index in [9.17, 15) is 0 Å². The summed E-state index contributed by atoms with van der Waals surface area (Å²) in [5.74, 6) is 0.930. The Balaban J connectivity index is 1.81. The van der Waals surface area contributed by atoms with Gasteiger partial charge < -0.3 is 10.1 Å². The summed E-state index contributed by atoms with van der Waals surface area (Å²) >= 11 is 3.45. The Kier molecular flexibility index (Phi) is 5.03. The molecule has 1 aromatic rings. The van der Waals surface area contributed by atoms with Crippen molar-refractivity contribution in [3.8, 4) is 5.75 Å². The van der Waals surface area contributed by atoms with E-state index in [1.165, 1.54) is 0 Å². The largest absolute Gasteiger partial charge is 0.492 e. The lowest BCUT2D eigenvalue weighted by atomic mass is 10.1. The second-order valence-corrected chi connectivity index (χ2v) is 5.82. The van der Waals surface area contributed by atoms with Gasteiger partial charge in [0.25, 0.3) is 0 Å². The standard InChI is InChI=1S/C14H21BrN2O/c1-11-9-16-10-12(2)17(11)6-7-18-14-5-3-4-13(15)8-14/h3-5,8,11-12,16H,6-7,9-10H2,1-2H3. The van der Waals surface area contributed by atoms with Gasteiger partial charge in [0.05, 0.1) is 0 Å². The van der Waals surface area contributed by atoms with Crippen molar-refractivity contribution >= 4 is 15.9 Å². The van der Waals surface area contributed by atoms with Crippen LogP contribution in [0.1, 0.15) is 13.8 Å². The van der Waals surface area contributed by atoms with Gasteiger partial charge in [-0.05, 0) is 32.0 Å². The van der Waals surface area contributed by atoms with E-state index in [4.69, 9.17) is 4.74 Å². The molecule has 1 N–H and O–H groups in total.